The zero-order chi connectivity index (χ0) is 22.2. The van der Waals surface area contributed by atoms with Crippen LogP contribution in [-0.2, 0) is 11.3 Å². The van der Waals surface area contributed by atoms with Gasteiger partial charge in [-0.05, 0) is 37.1 Å². The lowest BCUT2D eigenvalue weighted by Crippen LogP contribution is -2.43. The molecule has 170 valence electrons. The van der Waals surface area contributed by atoms with Crippen LogP contribution < -0.4 is 0 Å². The number of likely N-dealkylation sites (tertiary alicyclic amines) is 1. The van der Waals surface area contributed by atoms with E-state index < -0.39 is 24.4 Å². The fourth-order valence-corrected chi connectivity index (χ4v) is 4.19. The molecule has 9 heteroatoms. The van der Waals surface area contributed by atoms with Crippen molar-refractivity contribution in [2.24, 2.45) is 0 Å². The maximum atomic E-state index is 13.0. The summed E-state index contributed by atoms with van der Waals surface area (Å²) in [4.78, 5) is 6.34. The molecule has 1 saturated heterocycles. The van der Waals surface area contributed by atoms with Crippen molar-refractivity contribution < 1.29 is 29.6 Å². The van der Waals surface area contributed by atoms with Crippen LogP contribution in [0.25, 0.3) is 10.6 Å². The SMILES string of the molecule is O[C@H]1[C@H](O)[C@@H](O)CN(CC/C=C/CCOCc2csc(-c3ccc(F)cc3)n2)C[C@@H]1O. The molecule has 4 N–H and O–H groups in total. The number of aliphatic hydroxyl groups is 4. The molecule has 0 saturated carbocycles. The summed E-state index contributed by atoms with van der Waals surface area (Å²) in [6.07, 6.45) is 0.650. The summed E-state index contributed by atoms with van der Waals surface area (Å²) in [5, 5.41) is 42.0. The Kier molecular flexibility index (Phi) is 9.09. The minimum absolute atomic E-state index is 0.208. The number of β-amino-alcohol motifs (C(OH)–C–C–N with tert-alkyl or cyclic N) is 2. The van der Waals surface area contributed by atoms with Gasteiger partial charge in [-0.3, -0.25) is 4.90 Å². The van der Waals surface area contributed by atoms with Crippen LogP contribution in [0.4, 0.5) is 4.39 Å². The van der Waals surface area contributed by atoms with Gasteiger partial charge in [-0.25, -0.2) is 9.37 Å². The van der Waals surface area contributed by atoms with E-state index in [2.05, 4.69) is 4.98 Å². The number of hydrogen-bond donors (Lipinski definition) is 4. The molecule has 4 atom stereocenters. The maximum absolute atomic E-state index is 13.0. The third-order valence-corrected chi connectivity index (χ3v) is 6.07. The smallest absolute Gasteiger partial charge is 0.123 e. The number of aromatic nitrogens is 1. The number of aliphatic hydroxyl groups excluding tert-OH is 4. The second-order valence-corrected chi connectivity index (χ2v) is 8.49. The highest BCUT2D eigenvalue weighted by Gasteiger charge is 2.35. The Morgan fingerprint density at radius 1 is 1.03 bits per heavy atom. The van der Waals surface area contributed by atoms with Crippen LogP contribution in [-0.4, -0.2) is 81.0 Å². The fraction of sp³-hybridized carbons (Fsp3) is 0.500. The van der Waals surface area contributed by atoms with Gasteiger partial charge in [0, 0.05) is 30.6 Å². The Labute approximate surface area is 185 Å². The van der Waals surface area contributed by atoms with E-state index in [1.54, 1.807) is 12.1 Å². The van der Waals surface area contributed by atoms with Gasteiger partial charge in [0.25, 0.3) is 0 Å². The van der Waals surface area contributed by atoms with Gasteiger partial charge in [-0.15, -0.1) is 11.3 Å². The first-order chi connectivity index (χ1) is 14.9. The molecule has 0 unspecified atom stereocenters. The van der Waals surface area contributed by atoms with E-state index in [0.717, 1.165) is 29.1 Å². The molecule has 3 rings (SSSR count). The van der Waals surface area contributed by atoms with Crippen molar-refractivity contribution in [1.82, 2.24) is 9.88 Å². The third kappa shape index (κ3) is 7.15. The Bertz CT molecular complexity index is 816. The van der Waals surface area contributed by atoms with Crippen molar-refractivity contribution >= 4 is 11.3 Å². The molecule has 0 spiro atoms. The number of rotatable bonds is 9. The summed E-state index contributed by atoms with van der Waals surface area (Å²) < 4.78 is 18.7. The van der Waals surface area contributed by atoms with E-state index >= 15 is 0 Å². The van der Waals surface area contributed by atoms with Gasteiger partial charge in [-0.2, -0.15) is 0 Å². The predicted octanol–water partition coefficient (Wildman–Crippen LogP) is 1.56. The van der Waals surface area contributed by atoms with Crippen LogP contribution in [0.1, 0.15) is 18.5 Å². The lowest BCUT2D eigenvalue weighted by atomic mass is 10.1. The van der Waals surface area contributed by atoms with Crippen LogP contribution in [0.15, 0.2) is 41.8 Å². The quantitative estimate of drug-likeness (QED) is 0.338. The van der Waals surface area contributed by atoms with Crippen molar-refractivity contribution in [2.45, 2.75) is 43.9 Å². The molecule has 1 aromatic carbocycles. The Morgan fingerprint density at radius 3 is 2.35 bits per heavy atom. The summed E-state index contributed by atoms with van der Waals surface area (Å²) in [6, 6.07) is 6.26. The second-order valence-electron chi connectivity index (χ2n) is 7.63. The zero-order valence-electron chi connectivity index (χ0n) is 17.2. The molecule has 2 heterocycles. The summed E-state index contributed by atoms with van der Waals surface area (Å²) in [5.41, 5.74) is 1.73. The normalized spacial score (nSPS) is 25.2. The van der Waals surface area contributed by atoms with Crippen molar-refractivity contribution in [3.8, 4) is 10.6 Å². The van der Waals surface area contributed by atoms with Crippen LogP contribution in [0.5, 0.6) is 0 Å². The van der Waals surface area contributed by atoms with E-state index in [-0.39, 0.29) is 18.9 Å². The highest BCUT2D eigenvalue weighted by Crippen LogP contribution is 2.24. The molecule has 31 heavy (non-hydrogen) atoms. The van der Waals surface area contributed by atoms with Gasteiger partial charge in [0.1, 0.15) is 23.0 Å². The summed E-state index contributed by atoms with van der Waals surface area (Å²) in [5.74, 6) is -0.267. The van der Waals surface area contributed by atoms with Crippen LogP contribution in [0.3, 0.4) is 0 Å². The standard InChI is InChI=1S/C22H29FN2O5S/c23-16-7-5-15(6-8-16)22-24-17(14-31-22)13-30-10-4-2-1-3-9-25-11-18(26)20(28)21(29)19(27)12-25/h1-2,5-8,14,18-21,26-29H,3-4,9-13H2/b2-1+/t18-,19-,20+,21+/m0/s1. The van der Waals surface area contributed by atoms with Gasteiger partial charge in [0.15, 0.2) is 0 Å². The zero-order valence-corrected chi connectivity index (χ0v) is 18.0. The number of benzene rings is 1. The van der Waals surface area contributed by atoms with E-state index in [0.29, 0.717) is 19.8 Å². The lowest BCUT2D eigenvalue weighted by molar-refractivity contribution is -0.0894. The Balaban J connectivity index is 1.31. The minimum Gasteiger partial charge on any atom is -0.389 e. The maximum Gasteiger partial charge on any atom is 0.123 e. The monoisotopic (exact) mass is 452 g/mol. The third-order valence-electron chi connectivity index (χ3n) is 5.13. The molecule has 1 aromatic heterocycles. The summed E-state index contributed by atoms with van der Waals surface area (Å²) in [7, 11) is 0. The molecular formula is C22H29FN2O5S. The summed E-state index contributed by atoms with van der Waals surface area (Å²) in [6.45, 7) is 1.99. The fourth-order valence-electron chi connectivity index (χ4n) is 3.38. The molecule has 0 radical (unpaired) electrons. The van der Waals surface area contributed by atoms with Crippen molar-refractivity contribution in [3.05, 3.63) is 53.3 Å². The largest absolute Gasteiger partial charge is 0.389 e. The van der Waals surface area contributed by atoms with Crippen molar-refractivity contribution in [1.29, 1.82) is 0 Å². The second kappa shape index (κ2) is 11.8. The van der Waals surface area contributed by atoms with Gasteiger partial charge >= 0.3 is 0 Å². The Hall–Kier alpha value is -1.72. The van der Waals surface area contributed by atoms with E-state index in [4.69, 9.17) is 4.74 Å². The first-order valence-electron chi connectivity index (χ1n) is 10.3. The molecule has 0 aliphatic carbocycles. The average Bonchev–Trinajstić information content (AvgIpc) is 3.20. The van der Waals surface area contributed by atoms with Gasteiger partial charge < -0.3 is 25.2 Å². The molecule has 7 nitrogen and oxygen atoms in total. The van der Waals surface area contributed by atoms with Crippen LogP contribution in [0, 0.1) is 5.82 Å². The van der Waals surface area contributed by atoms with Gasteiger partial charge in [-0.1, -0.05) is 12.2 Å². The van der Waals surface area contributed by atoms with E-state index in [1.807, 2.05) is 22.4 Å². The van der Waals surface area contributed by atoms with Gasteiger partial charge in [0.2, 0.25) is 0 Å². The molecular weight excluding hydrogens is 423 g/mol. The molecule has 1 fully saturated rings. The summed E-state index contributed by atoms with van der Waals surface area (Å²) >= 11 is 1.50. The number of hydrogen-bond acceptors (Lipinski definition) is 8. The average molecular weight is 453 g/mol. The van der Waals surface area contributed by atoms with Crippen molar-refractivity contribution in [3.63, 3.8) is 0 Å². The van der Waals surface area contributed by atoms with Crippen LogP contribution in [0.2, 0.25) is 0 Å². The molecule has 1 aliphatic heterocycles. The molecule has 2 aromatic rings. The minimum atomic E-state index is -1.34. The highest BCUT2D eigenvalue weighted by molar-refractivity contribution is 7.13. The lowest BCUT2D eigenvalue weighted by Gasteiger charge is -2.22. The molecule has 0 amide bonds. The number of ether oxygens (including phenoxy) is 1. The van der Waals surface area contributed by atoms with Crippen LogP contribution >= 0.6 is 11.3 Å². The highest BCUT2D eigenvalue weighted by atomic mass is 32.1. The van der Waals surface area contributed by atoms with E-state index in [1.165, 1.54) is 23.5 Å². The van der Waals surface area contributed by atoms with Gasteiger partial charge in [0.05, 0.1) is 31.1 Å². The molecule has 1 aliphatic rings. The van der Waals surface area contributed by atoms with E-state index in [9.17, 15) is 24.8 Å². The molecule has 0 bridgehead atoms. The first-order valence-corrected chi connectivity index (χ1v) is 11.2. The van der Waals surface area contributed by atoms with Crippen molar-refractivity contribution in [2.75, 3.05) is 26.2 Å². The Morgan fingerprint density at radius 2 is 1.68 bits per heavy atom. The topological polar surface area (TPSA) is 106 Å². The number of thiazole rings is 1. The number of halogens is 1. The predicted molar refractivity (Wildman–Crippen MR) is 116 cm³/mol. The first kappa shape index (κ1) is 23.9. The number of nitrogens with zero attached hydrogens (tertiary/aromatic N) is 2.